The number of fused-ring (bicyclic) bond motifs is 1. The van der Waals surface area contributed by atoms with Gasteiger partial charge in [-0.2, -0.15) is 5.26 Å². The average Bonchev–Trinajstić information content (AvgIpc) is 3.36. The van der Waals surface area contributed by atoms with E-state index in [4.69, 9.17) is 0 Å². The Hall–Kier alpha value is -3.60. The second-order valence-corrected chi connectivity index (χ2v) is 7.66. The quantitative estimate of drug-likeness (QED) is 0.502. The minimum absolute atomic E-state index is 0.241. The summed E-state index contributed by atoms with van der Waals surface area (Å²) in [6.07, 6.45) is 5.06. The SMILES string of the molecule is CCCN1/C(=C(\C#N)c2ccnc(NCCCN3CCCC3=O)n2)Nc2ccccc21. The molecule has 2 N–H and O–H groups in total. The smallest absolute Gasteiger partial charge is 0.223 e. The summed E-state index contributed by atoms with van der Waals surface area (Å²) in [6.45, 7) is 5.18. The van der Waals surface area contributed by atoms with Crippen molar-refractivity contribution in [3.8, 4) is 6.07 Å². The zero-order chi connectivity index (χ0) is 21.6. The van der Waals surface area contributed by atoms with E-state index in [1.54, 1.807) is 12.3 Å². The van der Waals surface area contributed by atoms with E-state index in [0.29, 0.717) is 30.2 Å². The predicted molar refractivity (Wildman–Crippen MR) is 121 cm³/mol. The summed E-state index contributed by atoms with van der Waals surface area (Å²) in [6, 6.07) is 12.1. The molecule has 0 radical (unpaired) electrons. The van der Waals surface area contributed by atoms with Crippen LogP contribution in [0.4, 0.5) is 17.3 Å². The number of aromatic nitrogens is 2. The van der Waals surface area contributed by atoms with Crippen LogP contribution in [0.5, 0.6) is 0 Å². The normalized spacial score (nSPS) is 16.7. The van der Waals surface area contributed by atoms with Crippen LogP contribution in [0.25, 0.3) is 5.57 Å². The molecule has 2 aliphatic rings. The molecule has 0 atom stereocenters. The number of carbonyl (C=O) groups excluding carboxylic acids is 1. The van der Waals surface area contributed by atoms with Gasteiger partial charge in [0.2, 0.25) is 11.9 Å². The first-order valence-corrected chi connectivity index (χ1v) is 10.8. The fourth-order valence-electron chi connectivity index (χ4n) is 4.01. The van der Waals surface area contributed by atoms with Gasteiger partial charge in [0.1, 0.15) is 17.5 Å². The number of hydrogen-bond acceptors (Lipinski definition) is 7. The Bertz CT molecular complexity index is 1030. The maximum absolute atomic E-state index is 11.7. The van der Waals surface area contributed by atoms with E-state index >= 15 is 0 Å². The van der Waals surface area contributed by atoms with Crippen molar-refractivity contribution >= 4 is 28.8 Å². The second kappa shape index (κ2) is 9.47. The van der Waals surface area contributed by atoms with Crippen LogP contribution in [0.15, 0.2) is 42.3 Å². The molecule has 8 nitrogen and oxygen atoms in total. The third kappa shape index (κ3) is 4.45. The molecular formula is C23H27N7O. The first kappa shape index (κ1) is 20.7. The van der Waals surface area contributed by atoms with Crippen LogP contribution < -0.4 is 15.5 Å². The van der Waals surface area contributed by atoms with Crippen LogP contribution in [0.1, 0.15) is 38.3 Å². The van der Waals surface area contributed by atoms with E-state index < -0.39 is 0 Å². The fraction of sp³-hybridized carbons (Fsp3) is 0.391. The van der Waals surface area contributed by atoms with Crippen LogP contribution in [0.2, 0.25) is 0 Å². The first-order valence-electron chi connectivity index (χ1n) is 10.8. The molecule has 0 saturated carbocycles. The van der Waals surface area contributed by atoms with Crippen LogP contribution >= 0.6 is 0 Å². The van der Waals surface area contributed by atoms with Crippen molar-refractivity contribution in [1.29, 1.82) is 5.26 Å². The van der Waals surface area contributed by atoms with E-state index in [2.05, 4.69) is 44.6 Å². The summed E-state index contributed by atoms with van der Waals surface area (Å²) in [5.74, 6) is 1.48. The number of amides is 1. The van der Waals surface area contributed by atoms with E-state index in [1.165, 1.54) is 0 Å². The average molecular weight is 418 g/mol. The van der Waals surface area contributed by atoms with Gasteiger partial charge in [0.25, 0.3) is 0 Å². The lowest BCUT2D eigenvalue weighted by molar-refractivity contribution is -0.127. The number of benzene rings is 1. The molecule has 0 unspecified atom stereocenters. The summed E-state index contributed by atoms with van der Waals surface area (Å²) in [7, 11) is 0. The fourth-order valence-corrected chi connectivity index (χ4v) is 4.01. The number of hydrogen-bond donors (Lipinski definition) is 2. The topological polar surface area (TPSA) is 97.2 Å². The lowest BCUT2D eigenvalue weighted by atomic mass is 10.2. The summed E-state index contributed by atoms with van der Waals surface area (Å²) >= 11 is 0. The number of carbonyl (C=O) groups is 1. The Labute approximate surface area is 182 Å². The molecule has 1 aromatic carbocycles. The highest BCUT2D eigenvalue weighted by Gasteiger charge is 2.27. The van der Waals surface area contributed by atoms with E-state index in [1.807, 2.05) is 23.1 Å². The van der Waals surface area contributed by atoms with Gasteiger partial charge in [0, 0.05) is 38.8 Å². The number of nitrogens with zero attached hydrogens (tertiary/aromatic N) is 5. The van der Waals surface area contributed by atoms with Crippen molar-refractivity contribution in [2.75, 3.05) is 41.7 Å². The van der Waals surface area contributed by atoms with Crippen LogP contribution in [-0.2, 0) is 4.79 Å². The molecule has 2 aliphatic heterocycles. The molecule has 1 fully saturated rings. The van der Waals surface area contributed by atoms with Crippen molar-refractivity contribution in [3.05, 3.63) is 48.0 Å². The molecule has 0 aliphatic carbocycles. The predicted octanol–water partition coefficient (Wildman–Crippen LogP) is 3.44. The Balaban J connectivity index is 1.49. The van der Waals surface area contributed by atoms with Gasteiger partial charge >= 0.3 is 0 Å². The molecule has 4 rings (SSSR count). The number of rotatable bonds is 8. The standard InChI is InChI=1S/C23H27N7O/c1-2-13-30-20-8-4-3-7-19(20)27-22(30)17(16-24)18-10-12-26-23(28-18)25-11-6-15-29-14-5-9-21(29)31/h3-4,7-8,10,12,27H,2,5-6,9,11,13-15H2,1H3,(H,25,26,28)/b22-17+. The molecule has 1 aromatic heterocycles. The summed E-state index contributed by atoms with van der Waals surface area (Å²) in [5.41, 5.74) is 3.11. The molecular weight excluding hydrogens is 390 g/mol. The minimum atomic E-state index is 0.241. The maximum Gasteiger partial charge on any atom is 0.223 e. The van der Waals surface area contributed by atoms with Gasteiger partial charge in [0.05, 0.1) is 17.1 Å². The zero-order valence-electron chi connectivity index (χ0n) is 17.8. The highest BCUT2D eigenvalue weighted by atomic mass is 16.2. The van der Waals surface area contributed by atoms with E-state index in [9.17, 15) is 10.1 Å². The van der Waals surface area contributed by atoms with Gasteiger partial charge in [-0.25, -0.2) is 9.97 Å². The summed E-state index contributed by atoms with van der Waals surface area (Å²) in [4.78, 5) is 24.6. The lowest BCUT2D eigenvalue weighted by Gasteiger charge is -2.20. The maximum atomic E-state index is 11.7. The first-order chi connectivity index (χ1) is 15.2. The monoisotopic (exact) mass is 417 g/mol. The van der Waals surface area contributed by atoms with E-state index in [-0.39, 0.29) is 5.91 Å². The number of para-hydroxylation sites is 2. The Kier molecular flexibility index (Phi) is 6.32. The van der Waals surface area contributed by atoms with Crippen LogP contribution in [-0.4, -0.2) is 47.0 Å². The van der Waals surface area contributed by atoms with Gasteiger partial charge in [0.15, 0.2) is 0 Å². The minimum Gasteiger partial charge on any atom is -0.354 e. The number of likely N-dealkylation sites (tertiary alicyclic amines) is 1. The van der Waals surface area contributed by atoms with Crippen molar-refractivity contribution in [3.63, 3.8) is 0 Å². The van der Waals surface area contributed by atoms with Crippen molar-refractivity contribution in [2.24, 2.45) is 0 Å². The molecule has 0 bridgehead atoms. The molecule has 160 valence electrons. The Morgan fingerprint density at radius 1 is 1.29 bits per heavy atom. The molecule has 2 aromatic rings. The summed E-state index contributed by atoms with van der Waals surface area (Å²) < 4.78 is 0. The van der Waals surface area contributed by atoms with Gasteiger partial charge in [-0.15, -0.1) is 0 Å². The van der Waals surface area contributed by atoms with E-state index in [0.717, 1.165) is 56.1 Å². The van der Waals surface area contributed by atoms with Crippen LogP contribution in [0.3, 0.4) is 0 Å². The number of allylic oxidation sites excluding steroid dienone is 1. The second-order valence-electron chi connectivity index (χ2n) is 7.66. The van der Waals surface area contributed by atoms with Crippen molar-refractivity contribution in [1.82, 2.24) is 14.9 Å². The zero-order valence-corrected chi connectivity index (χ0v) is 17.8. The third-order valence-electron chi connectivity index (χ3n) is 5.48. The molecule has 1 saturated heterocycles. The largest absolute Gasteiger partial charge is 0.354 e. The van der Waals surface area contributed by atoms with Crippen molar-refractivity contribution in [2.45, 2.75) is 32.6 Å². The number of nitrogens with one attached hydrogen (secondary N) is 2. The summed E-state index contributed by atoms with van der Waals surface area (Å²) in [5, 5.41) is 16.6. The van der Waals surface area contributed by atoms with Gasteiger partial charge in [-0.1, -0.05) is 19.1 Å². The molecule has 8 heteroatoms. The Morgan fingerprint density at radius 2 is 2.16 bits per heavy atom. The third-order valence-corrected chi connectivity index (χ3v) is 5.48. The van der Waals surface area contributed by atoms with Crippen LogP contribution in [0, 0.1) is 11.3 Å². The Morgan fingerprint density at radius 3 is 2.94 bits per heavy atom. The number of nitriles is 1. The number of anilines is 3. The highest BCUT2D eigenvalue weighted by Crippen LogP contribution is 2.38. The molecule has 31 heavy (non-hydrogen) atoms. The highest BCUT2D eigenvalue weighted by molar-refractivity contribution is 5.90. The molecule has 0 spiro atoms. The molecule has 1 amide bonds. The van der Waals surface area contributed by atoms with Gasteiger partial charge < -0.3 is 20.4 Å². The lowest BCUT2D eigenvalue weighted by Crippen LogP contribution is -2.27. The molecule has 3 heterocycles. The van der Waals surface area contributed by atoms with Gasteiger partial charge in [-0.3, -0.25) is 4.79 Å². The van der Waals surface area contributed by atoms with Gasteiger partial charge in [-0.05, 0) is 37.5 Å². The van der Waals surface area contributed by atoms with Crippen molar-refractivity contribution < 1.29 is 4.79 Å².